The lowest BCUT2D eigenvalue weighted by Gasteiger charge is -2.40. The molecule has 19 unspecified atom stereocenters. The Bertz CT molecular complexity index is 5380. The zero-order chi connectivity index (χ0) is 89.3. The summed E-state index contributed by atoms with van der Waals surface area (Å²) in [6.07, 6.45) is -16.7. The Morgan fingerprint density at radius 3 is 1.72 bits per heavy atom. The number of benzene rings is 7. The molecule has 41 heteroatoms. The van der Waals surface area contributed by atoms with Crippen molar-refractivity contribution < 1.29 is 145 Å². The van der Waals surface area contributed by atoms with Gasteiger partial charge in [0.05, 0.1) is 33.3 Å². The highest BCUT2D eigenvalue weighted by atomic mass is 35.5. The van der Waals surface area contributed by atoms with E-state index >= 15 is 0 Å². The summed E-state index contributed by atoms with van der Waals surface area (Å²) in [4.78, 5) is 44.7. The molecule has 0 amide bonds. The zero-order valence-corrected chi connectivity index (χ0v) is 68.8. The second-order valence-electron chi connectivity index (χ2n) is 30.5. The van der Waals surface area contributed by atoms with Crippen LogP contribution in [0.4, 0.5) is 0 Å². The van der Waals surface area contributed by atoms with Gasteiger partial charge >= 0.3 is 5.97 Å². The molecule has 17 bridgehead atoms. The Labute approximate surface area is 724 Å². The monoisotopic (exact) mass is 1800 g/mol. The number of aliphatic carboxylic acids is 1. The van der Waals surface area contributed by atoms with E-state index in [1.165, 1.54) is 37.4 Å². The van der Waals surface area contributed by atoms with Crippen LogP contribution in [0.15, 0.2) is 138 Å². The SMILES string of the molecule is CNC1C(O)=NC2C(O)=NC(C(O)=NC3C(O)=NC4C(O)=NC(C(O)=NC(C(=O)O)c5cc(O)cc(OC6OC(CO)C(O)C(O)C6O)c5-c5cc4ccc5O)C(O)c4cc(Cl)c(c(Cl)c4)Oc4cc3cc(c4OC3OC(CO)C(O)C(O)C3N=C(O)CCCCCCCCC(C)C)Oc3ccc(cc3Cl)C2O)c2cc(cc(O)c2Cl)Oc2cc1ccc2O. The summed E-state index contributed by atoms with van der Waals surface area (Å²) in [6.45, 7) is 2.28. The molecule has 8 aliphatic heterocycles. The largest absolute Gasteiger partial charge is 0.508 e. The molecule has 2 fully saturated rings. The third-order valence-electron chi connectivity index (χ3n) is 21.5. The minimum atomic E-state index is -2.53. The van der Waals surface area contributed by atoms with Gasteiger partial charge < -0.3 is 146 Å². The molecule has 8 aliphatic rings. The minimum absolute atomic E-state index is 0.0660. The van der Waals surface area contributed by atoms with E-state index in [0.29, 0.717) is 18.8 Å². The maximum Gasteiger partial charge on any atom is 0.333 e. The van der Waals surface area contributed by atoms with Crippen molar-refractivity contribution in [3.8, 4) is 80.1 Å². The fourth-order valence-corrected chi connectivity index (χ4v) is 16.0. The molecule has 19 atom stereocenters. The average molecular weight is 1800 g/mol. The number of nitrogens with one attached hydrogen (secondary N) is 1. The van der Waals surface area contributed by atoms with Gasteiger partial charge in [0.15, 0.2) is 70.9 Å². The highest BCUT2D eigenvalue weighted by Crippen LogP contribution is 2.53. The molecule has 0 saturated carbocycles. The maximum atomic E-state index is 13.9. The number of phenols is 4. The number of fused-ring (bicyclic) bond motifs is 12. The van der Waals surface area contributed by atoms with E-state index in [-0.39, 0.29) is 23.3 Å². The number of hydrogen-bond donors (Lipinski definition) is 22. The lowest BCUT2D eigenvalue weighted by molar-refractivity contribution is -0.277. The summed E-state index contributed by atoms with van der Waals surface area (Å²) in [5.74, 6) is -17.5. The first-order valence-electron chi connectivity index (χ1n) is 39.0. The molecule has 0 spiro atoms. The molecule has 22 N–H and O–H groups in total. The van der Waals surface area contributed by atoms with Crippen molar-refractivity contribution in [2.75, 3.05) is 20.3 Å². The van der Waals surface area contributed by atoms with Crippen molar-refractivity contribution >= 4 is 93.7 Å². The molecule has 0 aromatic heterocycles. The predicted octanol–water partition coefficient (Wildman–Crippen LogP) is 10.8. The van der Waals surface area contributed by atoms with Crippen LogP contribution in [0.5, 0.6) is 69.0 Å². The quantitative estimate of drug-likeness (QED) is 0.0216. The number of carboxylic acid groups (broad SMARTS) is 1. The number of aliphatic hydroxyl groups excluding tert-OH is 16. The first kappa shape index (κ1) is 90.9. The average Bonchev–Trinajstić information content (AvgIpc) is 0.758. The van der Waals surface area contributed by atoms with Gasteiger partial charge in [-0.3, -0.25) is 0 Å². The number of halogens is 4. The summed E-state index contributed by atoms with van der Waals surface area (Å²) in [6, 6.07) is -0.0101. The number of aliphatic imine (C=N–C) groups is 7. The van der Waals surface area contributed by atoms with E-state index in [1.807, 2.05) is 0 Å². The fourth-order valence-electron chi connectivity index (χ4n) is 15.0. The summed E-state index contributed by atoms with van der Waals surface area (Å²) < 4.78 is 44.4. The minimum Gasteiger partial charge on any atom is -0.508 e. The van der Waals surface area contributed by atoms with Crippen molar-refractivity contribution in [3.05, 3.63) is 162 Å². The van der Waals surface area contributed by atoms with Gasteiger partial charge in [-0.15, -0.1) is 0 Å². The van der Waals surface area contributed by atoms with Gasteiger partial charge in [0, 0.05) is 40.8 Å². The highest BCUT2D eigenvalue weighted by Gasteiger charge is 2.49. The summed E-state index contributed by atoms with van der Waals surface area (Å²) in [5, 5.41) is 251. The molecule has 124 heavy (non-hydrogen) atoms. The topological polar surface area (TPSA) is 605 Å². The molecule has 7 aromatic carbocycles. The second-order valence-corrected chi connectivity index (χ2v) is 32.1. The number of unbranched alkanes of at least 4 members (excludes halogenated alkanes) is 5. The van der Waals surface area contributed by atoms with Crippen LogP contribution in [0.25, 0.3) is 11.1 Å². The van der Waals surface area contributed by atoms with E-state index in [9.17, 15) is 112 Å². The van der Waals surface area contributed by atoms with E-state index < -0.39 is 299 Å². The van der Waals surface area contributed by atoms with Crippen LogP contribution in [-0.4, -0.2) is 248 Å². The molecule has 15 rings (SSSR count). The third-order valence-corrected chi connectivity index (χ3v) is 22.8. The van der Waals surface area contributed by atoms with Crippen molar-refractivity contribution in [1.82, 2.24) is 5.32 Å². The Hall–Kier alpha value is -10.8. The highest BCUT2D eigenvalue weighted by molar-refractivity contribution is 6.37. The van der Waals surface area contributed by atoms with E-state index in [2.05, 4.69) is 54.1 Å². The van der Waals surface area contributed by atoms with Crippen LogP contribution in [0.1, 0.15) is 147 Å². The van der Waals surface area contributed by atoms with Gasteiger partial charge in [0.2, 0.25) is 53.7 Å². The van der Waals surface area contributed by atoms with Gasteiger partial charge in [0.1, 0.15) is 102 Å². The van der Waals surface area contributed by atoms with Crippen LogP contribution >= 0.6 is 46.4 Å². The van der Waals surface area contributed by atoms with Crippen molar-refractivity contribution in [2.24, 2.45) is 40.9 Å². The van der Waals surface area contributed by atoms with Crippen LogP contribution in [-0.2, 0) is 14.3 Å². The Morgan fingerprint density at radius 1 is 0.492 bits per heavy atom. The summed E-state index contributed by atoms with van der Waals surface area (Å²) in [5.41, 5.74) is -4.06. The number of carboxylic acids is 1. The lowest BCUT2D eigenvalue weighted by atomic mass is 9.90. The number of rotatable bonds is 18. The van der Waals surface area contributed by atoms with E-state index in [0.717, 1.165) is 105 Å². The predicted molar refractivity (Wildman–Crippen MR) is 448 cm³/mol. The van der Waals surface area contributed by atoms with Crippen LogP contribution < -0.4 is 29.0 Å². The first-order chi connectivity index (χ1) is 59.0. The van der Waals surface area contributed by atoms with Gasteiger partial charge in [-0.25, -0.2) is 39.7 Å². The molecule has 662 valence electrons. The zero-order valence-electron chi connectivity index (χ0n) is 65.7. The first-order valence-corrected chi connectivity index (χ1v) is 40.5. The van der Waals surface area contributed by atoms with E-state index in [4.69, 9.17) is 79.6 Å². The molecule has 0 aliphatic carbocycles. The second kappa shape index (κ2) is 38.3. The van der Waals surface area contributed by atoms with Gasteiger partial charge in [-0.05, 0) is 120 Å². The number of ether oxygens (including phenoxy) is 7. The van der Waals surface area contributed by atoms with Crippen molar-refractivity contribution in [2.45, 2.75) is 181 Å². The molecule has 7 aromatic rings. The molecule has 37 nitrogen and oxygen atoms in total. The summed E-state index contributed by atoms with van der Waals surface area (Å²) in [7, 11) is 1.39. The van der Waals surface area contributed by atoms with Crippen LogP contribution in [0.3, 0.4) is 0 Å². The molecular formula is C83H88Cl4N8O29. The molecular weight excluding hydrogens is 1710 g/mol. The number of nitrogens with zero attached hydrogens (tertiary/aromatic N) is 7. The Kier molecular flexibility index (Phi) is 28.1. The summed E-state index contributed by atoms with van der Waals surface area (Å²) >= 11 is 28.7. The molecule has 8 heterocycles. The van der Waals surface area contributed by atoms with Crippen molar-refractivity contribution in [3.63, 3.8) is 0 Å². The van der Waals surface area contributed by atoms with Gasteiger partial charge in [0.25, 0.3) is 0 Å². The Balaban J connectivity index is 1.11. The number of aromatic hydroxyl groups is 4. The van der Waals surface area contributed by atoms with Crippen molar-refractivity contribution in [1.29, 1.82) is 0 Å². The smallest absolute Gasteiger partial charge is 0.333 e. The molecule has 2 saturated heterocycles. The molecule has 0 radical (unpaired) electrons. The van der Waals surface area contributed by atoms with Crippen LogP contribution in [0, 0.1) is 5.92 Å². The maximum absolute atomic E-state index is 13.9. The number of aliphatic hydroxyl groups is 16. The fraction of sp³-hybridized carbons (Fsp3) is 0.398. The van der Waals surface area contributed by atoms with Gasteiger partial charge in [-0.1, -0.05) is 117 Å². The van der Waals surface area contributed by atoms with E-state index in [1.54, 1.807) is 0 Å². The van der Waals surface area contributed by atoms with Crippen LogP contribution in [0.2, 0.25) is 20.1 Å². The normalized spacial score (nSPS) is 27.1. The van der Waals surface area contributed by atoms with Gasteiger partial charge in [-0.2, -0.15) is 0 Å². The lowest BCUT2D eigenvalue weighted by Crippen LogP contribution is -2.60. The third kappa shape index (κ3) is 19.2. The number of carbonyl (C=O) groups is 1. The standard InChI is InChI=1S/C83H88Cl4N8O29/c1-31(2)10-8-6-4-5-7-9-11-55(102)89-65-70(107)68(105)53(29-96)122-82(65)124-74-51-23-35-24-52(74)120-73-43(85)20-36(21-44(73)86)67(104)64-80(115)93-62(81(116)117)40-25-37(98)26-50(121-83-72(109)71(108)69(106)54(30-97)123-83)56(40)39-18-32(12-15-45(39)99)59(76(111)95-64)90-77(112)60(35)91-78(113)61-41-27-38(28-47(101)57(41)87)118-49-22-33(13-16-46(49)100)58(88-3)75(110)94-63(79(114)92-61)66(103)34-14-17-48(119-51)42(84)19-34/h12-28,31,53-54,58-72,82-83,88,96-101,103-109H,4-11,29-30H2,1-3H3,(H,89,102)(H,90,112)(H,91,113)(H,92,114)(H,93,115)(H,94,110)(H,95,111)(H,116,117). The number of phenolic OH excluding ortho intramolecular Hbond substituents is 4. The Morgan fingerprint density at radius 2 is 1.06 bits per heavy atom. The number of hydrogen-bond acceptors (Lipinski definition) is 29. The number of likely N-dealkylation sites (N-methyl/N-ethyl adjacent to an activating group) is 1.